The highest BCUT2D eigenvalue weighted by Crippen LogP contribution is 2.34. The van der Waals surface area contributed by atoms with Crippen LogP contribution in [0.1, 0.15) is 49.1 Å². The second kappa shape index (κ2) is 15.0. The maximum absolute atomic E-state index is 13.6. The number of likely N-dealkylation sites (tertiary alicyclic amines) is 1. The molecule has 3 aliphatic rings. The van der Waals surface area contributed by atoms with Crippen LogP contribution in [-0.4, -0.2) is 98.0 Å². The number of amides is 3. The lowest BCUT2D eigenvalue weighted by Gasteiger charge is -2.32. The van der Waals surface area contributed by atoms with Crippen molar-refractivity contribution >= 4 is 56.2 Å². The summed E-state index contributed by atoms with van der Waals surface area (Å²) in [6, 6.07) is 12.8. The van der Waals surface area contributed by atoms with E-state index in [1.54, 1.807) is 22.9 Å². The zero-order valence-corrected chi connectivity index (χ0v) is 31.3. The van der Waals surface area contributed by atoms with Crippen LogP contribution >= 0.6 is 11.6 Å². The molecule has 3 aliphatic heterocycles. The number of aromatic nitrogens is 6. The van der Waals surface area contributed by atoms with E-state index in [0.29, 0.717) is 66.6 Å². The number of fused-ring (bicyclic) bond motifs is 1. The molecule has 8 rings (SSSR count). The largest absolute Gasteiger partial charge is 0.351 e. The number of carbonyl (C=O) groups is 2. The van der Waals surface area contributed by atoms with E-state index in [9.17, 15) is 18.0 Å². The van der Waals surface area contributed by atoms with Crippen LogP contribution in [0.3, 0.4) is 0 Å². The van der Waals surface area contributed by atoms with E-state index in [4.69, 9.17) is 11.6 Å². The number of aryl methyl sites for hydroxylation is 1. The van der Waals surface area contributed by atoms with Crippen molar-refractivity contribution in [3.05, 3.63) is 83.4 Å². The van der Waals surface area contributed by atoms with Gasteiger partial charge in [0.2, 0.25) is 21.9 Å². The molecular formula is C37H40ClN11O4S. The van der Waals surface area contributed by atoms with Gasteiger partial charge in [0.1, 0.15) is 0 Å². The summed E-state index contributed by atoms with van der Waals surface area (Å²) in [7, 11) is -1.83. The Labute approximate surface area is 317 Å². The summed E-state index contributed by atoms with van der Waals surface area (Å²) in [5.74, 6) is 1.65. The molecule has 0 radical (unpaired) electrons. The van der Waals surface area contributed by atoms with Crippen molar-refractivity contribution in [3.63, 3.8) is 0 Å². The van der Waals surface area contributed by atoms with Gasteiger partial charge in [0, 0.05) is 74.6 Å². The fraction of sp³-hybridized carbons (Fsp3) is 0.378. The third kappa shape index (κ3) is 7.51. The lowest BCUT2D eigenvalue weighted by molar-refractivity contribution is -0.120. The van der Waals surface area contributed by atoms with Crippen molar-refractivity contribution in [3.8, 4) is 11.4 Å². The number of hydrogen-bond acceptors (Lipinski definition) is 11. The predicted octanol–water partition coefficient (Wildman–Crippen LogP) is 4.56. The van der Waals surface area contributed by atoms with Gasteiger partial charge in [-0.2, -0.15) is 9.40 Å². The molecule has 54 heavy (non-hydrogen) atoms. The van der Waals surface area contributed by atoms with Crippen molar-refractivity contribution in [2.75, 3.05) is 42.9 Å². The zero-order valence-electron chi connectivity index (χ0n) is 29.7. The quantitative estimate of drug-likeness (QED) is 0.215. The number of piperidine rings is 2. The van der Waals surface area contributed by atoms with Crippen molar-refractivity contribution in [2.24, 2.45) is 7.05 Å². The van der Waals surface area contributed by atoms with Gasteiger partial charge in [-0.25, -0.2) is 33.1 Å². The summed E-state index contributed by atoms with van der Waals surface area (Å²) in [6.07, 6.45) is 10.2. The average molecular weight is 770 g/mol. The number of nitrogens with zero attached hydrogens (tertiary/aromatic N) is 9. The third-order valence-electron chi connectivity index (χ3n) is 10.5. The number of hydrogen-bond donors (Lipinski definition) is 2. The van der Waals surface area contributed by atoms with Gasteiger partial charge in [0.05, 0.1) is 27.8 Å². The Hall–Kier alpha value is -5.03. The van der Waals surface area contributed by atoms with Gasteiger partial charge in [-0.1, -0.05) is 29.8 Å². The van der Waals surface area contributed by atoms with Gasteiger partial charge < -0.3 is 5.32 Å². The molecule has 3 saturated heterocycles. The minimum Gasteiger partial charge on any atom is -0.351 e. The van der Waals surface area contributed by atoms with Crippen molar-refractivity contribution < 1.29 is 18.0 Å². The van der Waals surface area contributed by atoms with Crippen LogP contribution in [0.4, 0.5) is 16.6 Å². The molecule has 15 nitrogen and oxygen atoms in total. The fourth-order valence-electron chi connectivity index (χ4n) is 7.50. The lowest BCUT2D eigenvalue weighted by atomic mass is 9.89. The molecule has 6 heterocycles. The summed E-state index contributed by atoms with van der Waals surface area (Å²) < 4.78 is 30.5. The van der Waals surface area contributed by atoms with Gasteiger partial charge in [0.15, 0.2) is 11.6 Å². The van der Waals surface area contributed by atoms with E-state index in [1.165, 1.54) is 27.2 Å². The molecule has 0 bridgehead atoms. The predicted molar refractivity (Wildman–Crippen MR) is 203 cm³/mol. The minimum atomic E-state index is -3.70. The highest BCUT2D eigenvalue weighted by atomic mass is 35.5. The average Bonchev–Trinajstić information content (AvgIpc) is 3.51. The molecule has 3 aromatic heterocycles. The SMILES string of the molecule is Cn1nc(N2CCC(=O)NC2=O)c2ccc(C3CCN(Cc4cnc(-c5cccc(S(=O)(=O)N6CCC(Nc7ncc(Cl)cn7)CC6)c5)nc4)CC3)cc21. The number of halogens is 1. The van der Waals surface area contributed by atoms with Crippen LogP contribution in [-0.2, 0) is 28.4 Å². The van der Waals surface area contributed by atoms with E-state index in [2.05, 4.69) is 52.7 Å². The van der Waals surface area contributed by atoms with Crippen LogP contribution in [0, 0.1) is 0 Å². The van der Waals surface area contributed by atoms with Gasteiger partial charge in [-0.05, 0) is 74.5 Å². The molecule has 280 valence electrons. The topological polar surface area (TPSA) is 171 Å². The molecule has 0 atom stereocenters. The molecule has 3 fully saturated rings. The van der Waals surface area contributed by atoms with Gasteiger partial charge in [-0.15, -0.1) is 0 Å². The highest BCUT2D eigenvalue weighted by Gasteiger charge is 2.31. The molecule has 0 saturated carbocycles. The number of carbonyl (C=O) groups excluding carboxylic acids is 2. The molecule has 2 aromatic carbocycles. The number of rotatable bonds is 9. The Morgan fingerprint density at radius 2 is 1.63 bits per heavy atom. The van der Waals surface area contributed by atoms with E-state index in [1.807, 2.05) is 31.6 Å². The maximum atomic E-state index is 13.6. The van der Waals surface area contributed by atoms with Crippen molar-refractivity contribution in [2.45, 2.75) is 55.5 Å². The molecule has 3 amide bonds. The first-order valence-electron chi connectivity index (χ1n) is 18.1. The van der Waals surface area contributed by atoms with Crippen LogP contribution < -0.4 is 15.5 Å². The summed E-state index contributed by atoms with van der Waals surface area (Å²) in [4.78, 5) is 45.9. The second-order valence-corrected chi connectivity index (χ2v) is 16.4. The van der Waals surface area contributed by atoms with Gasteiger partial charge in [0.25, 0.3) is 0 Å². The van der Waals surface area contributed by atoms with Crippen LogP contribution in [0.5, 0.6) is 0 Å². The Morgan fingerprint density at radius 1 is 0.889 bits per heavy atom. The Kier molecular flexibility index (Phi) is 10.00. The lowest BCUT2D eigenvalue weighted by Crippen LogP contribution is -2.49. The van der Waals surface area contributed by atoms with Crippen LogP contribution in [0.2, 0.25) is 5.02 Å². The Balaban J connectivity index is 0.855. The number of imide groups is 1. The molecule has 0 aliphatic carbocycles. The standard InChI is InChI=1S/C37H40ClN11O4S/c1-46-32-18-26(5-6-31(32)35(45-46)49-16-11-33(50)44-37(49)51)25-7-12-47(13-8-25)23-24-19-39-34(40-20-24)27-3-2-4-30(17-27)54(52,53)48-14-9-29(10-15-48)43-36-41-21-28(38)22-42-36/h2-6,17-22,25,29H,7-16,23H2,1H3,(H,41,42,43)(H,44,50,51). The number of sulfonamides is 1. The summed E-state index contributed by atoms with van der Waals surface area (Å²) >= 11 is 5.88. The molecule has 0 unspecified atom stereocenters. The summed E-state index contributed by atoms with van der Waals surface area (Å²) in [5, 5.41) is 11.6. The van der Waals surface area contributed by atoms with E-state index < -0.39 is 16.1 Å². The molecule has 2 N–H and O–H groups in total. The fourth-order valence-corrected chi connectivity index (χ4v) is 9.11. The first-order chi connectivity index (χ1) is 26.1. The van der Waals surface area contributed by atoms with E-state index in [-0.39, 0.29) is 23.3 Å². The van der Waals surface area contributed by atoms with Crippen molar-refractivity contribution in [1.82, 2.24) is 44.2 Å². The van der Waals surface area contributed by atoms with E-state index in [0.717, 1.165) is 48.9 Å². The number of benzene rings is 2. The third-order valence-corrected chi connectivity index (χ3v) is 12.6. The van der Waals surface area contributed by atoms with Gasteiger partial charge in [-0.3, -0.25) is 24.6 Å². The van der Waals surface area contributed by atoms with Gasteiger partial charge >= 0.3 is 6.03 Å². The monoisotopic (exact) mass is 769 g/mol. The number of nitrogens with one attached hydrogen (secondary N) is 2. The number of urea groups is 1. The van der Waals surface area contributed by atoms with Crippen LogP contribution in [0.25, 0.3) is 22.3 Å². The minimum absolute atomic E-state index is 0.0620. The Bertz CT molecular complexity index is 2290. The zero-order chi connectivity index (χ0) is 37.4. The molecular weight excluding hydrogens is 730 g/mol. The number of anilines is 2. The molecule has 0 spiro atoms. The normalized spacial score (nSPS) is 18.3. The summed E-state index contributed by atoms with van der Waals surface area (Å²) in [5.41, 5.74) is 3.84. The highest BCUT2D eigenvalue weighted by molar-refractivity contribution is 7.89. The second-order valence-electron chi connectivity index (χ2n) is 14.0. The first-order valence-corrected chi connectivity index (χ1v) is 19.9. The smallest absolute Gasteiger partial charge is 0.329 e. The maximum Gasteiger partial charge on any atom is 0.329 e. The Morgan fingerprint density at radius 3 is 2.35 bits per heavy atom. The molecule has 5 aromatic rings. The summed E-state index contributed by atoms with van der Waals surface area (Å²) in [6.45, 7) is 3.64. The van der Waals surface area contributed by atoms with Crippen LogP contribution in [0.15, 0.2) is 72.1 Å². The van der Waals surface area contributed by atoms with E-state index >= 15 is 0 Å². The first kappa shape index (κ1) is 36.0. The molecule has 17 heteroatoms. The van der Waals surface area contributed by atoms with Crippen molar-refractivity contribution in [1.29, 1.82) is 0 Å².